The van der Waals surface area contributed by atoms with E-state index in [9.17, 15) is 28.0 Å². The third-order valence-electron chi connectivity index (χ3n) is 6.54. The van der Waals surface area contributed by atoms with Gasteiger partial charge in [0.1, 0.15) is 15.7 Å². The molecule has 1 saturated heterocycles. The van der Waals surface area contributed by atoms with E-state index in [1.807, 2.05) is 10.6 Å². The van der Waals surface area contributed by atoms with E-state index in [-0.39, 0.29) is 28.3 Å². The third kappa shape index (κ3) is 4.19. The van der Waals surface area contributed by atoms with Gasteiger partial charge >= 0.3 is 5.92 Å². The largest absolute Gasteiger partial charge is 0.352 e. The number of hydrogen-bond acceptors (Lipinski definition) is 4. The summed E-state index contributed by atoms with van der Waals surface area (Å²) in [5.74, 6) is -11.4. The molecule has 2 heterocycles. The molecular weight excluding hydrogens is 498 g/mol. The highest BCUT2D eigenvalue weighted by molar-refractivity contribution is 6.57. The number of fused-ring (bicyclic) bond motifs is 1. The summed E-state index contributed by atoms with van der Waals surface area (Å²) in [5.41, 5.74) is -2.44. The number of benzene rings is 2. The van der Waals surface area contributed by atoms with Crippen LogP contribution in [-0.4, -0.2) is 73.2 Å². The SMILES string of the molecule is [B]C(NC(=O)C(F)(F)c1ccc(Cl)cc1)c1ccc2c(c1)CN([C@]1([B])C(=O)NC(=O)C([B])C1([B])[B])C2=O. The zero-order chi connectivity index (χ0) is 27.5. The first-order chi connectivity index (χ1) is 17.1. The molecule has 1 fully saturated rings. The molecule has 2 aromatic carbocycles. The maximum Gasteiger partial charge on any atom is 0.349 e. The maximum atomic E-state index is 14.6. The fourth-order valence-corrected chi connectivity index (χ4v) is 4.34. The lowest BCUT2D eigenvalue weighted by molar-refractivity contribution is -0.147. The first kappa shape index (κ1) is 27.0. The molecule has 0 aliphatic carbocycles. The summed E-state index contributed by atoms with van der Waals surface area (Å²) in [7, 11) is 29.9. The number of halogens is 3. The van der Waals surface area contributed by atoms with E-state index in [0.717, 1.165) is 17.0 Å². The molecule has 176 valence electrons. The molecule has 2 N–H and O–H groups in total. The number of amides is 4. The maximum absolute atomic E-state index is 14.6. The Kier molecular flexibility index (Phi) is 6.63. The Labute approximate surface area is 222 Å². The second-order valence-corrected chi connectivity index (χ2v) is 9.27. The Morgan fingerprint density at radius 1 is 1.14 bits per heavy atom. The summed E-state index contributed by atoms with van der Waals surface area (Å²) in [6, 6.07) is 8.51. The number of piperidine rings is 1. The quantitative estimate of drug-likeness (QED) is 0.447. The molecule has 0 saturated carbocycles. The average Bonchev–Trinajstić information content (AvgIpc) is 3.18. The van der Waals surface area contributed by atoms with Gasteiger partial charge < -0.3 is 10.2 Å². The summed E-state index contributed by atoms with van der Waals surface area (Å²) in [5, 5.41) is 1.89. The predicted molar refractivity (Wildman–Crippen MR) is 134 cm³/mol. The Morgan fingerprint density at radius 2 is 1.76 bits per heavy atom. The van der Waals surface area contributed by atoms with E-state index in [1.54, 1.807) is 0 Å². The standard InChI is InChI=1S/C22H13B5ClF2N3O4/c23-14-16(34)32-19(37)22(27,21(14,25)26)33-8-10-7-9(1-6-13(10)17(33)35)15(24)31-18(36)20(29,30)11-2-4-12(28)5-3-11/h1-7,14-15H,8H2,(H,31,36)(H,32,34,37)/t14?,15?,22-/m1/s1. The molecule has 2 aliphatic heterocycles. The van der Waals surface area contributed by atoms with Crippen molar-refractivity contribution in [2.45, 2.75) is 34.9 Å². The number of carbonyl (C=O) groups is 4. The van der Waals surface area contributed by atoms with Crippen LogP contribution >= 0.6 is 11.6 Å². The van der Waals surface area contributed by atoms with Crippen LogP contribution in [0.15, 0.2) is 42.5 Å². The Balaban J connectivity index is 1.57. The third-order valence-corrected chi connectivity index (χ3v) is 6.79. The molecule has 4 amide bonds. The van der Waals surface area contributed by atoms with E-state index in [2.05, 4.69) is 0 Å². The molecule has 0 bridgehead atoms. The van der Waals surface area contributed by atoms with Crippen molar-refractivity contribution in [1.82, 2.24) is 15.5 Å². The van der Waals surface area contributed by atoms with Crippen LogP contribution < -0.4 is 10.6 Å². The van der Waals surface area contributed by atoms with Crippen molar-refractivity contribution in [2.75, 3.05) is 0 Å². The van der Waals surface area contributed by atoms with Crippen LogP contribution in [0.1, 0.15) is 33.0 Å². The van der Waals surface area contributed by atoms with Gasteiger partial charge in [0.15, 0.2) is 0 Å². The van der Waals surface area contributed by atoms with Gasteiger partial charge in [-0.25, -0.2) is 0 Å². The molecule has 4 rings (SSSR count). The Morgan fingerprint density at radius 3 is 2.38 bits per heavy atom. The lowest BCUT2D eigenvalue weighted by atomic mass is 9.31. The number of alkyl halides is 2. The summed E-state index contributed by atoms with van der Waals surface area (Å²) >= 11 is 5.71. The molecular formula is C22H13B5ClF2N3O4. The zero-order valence-corrected chi connectivity index (χ0v) is 19.8. The summed E-state index contributed by atoms with van der Waals surface area (Å²) < 4.78 is 29.2. The van der Waals surface area contributed by atoms with Crippen LogP contribution in [0, 0.1) is 0 Å². The van der Waals surface area contributed by atoms with E-state index in [0.29, 0.717) is 0 Å². The minimum atomic E-state index is -3.91. The van der Waals surface area contributed by atoms with Gasteiger partial charge in [-0.05, 0) is 35.1 Å². The number of hydrogen-bond donors (Lipinski definition) is 2. The number of rotatable bonds is 5. The molecule has 2 aliphatic rings. The fourth-order valence-electron chi connectivity index (χ4n) is 4.22. The Bertz CT molecular complexity index is 1330. The van der Waals surface area contributed by atoms with Gasteiger partial charge in [-0.3, -0.25) is 24.5 Å². The normalized spacial score (nSPS) is 23.8. The predicted octanol–water partition coefficient (Wildman–Crippen LogP) is 0.302. The number of imide groups is 1. The molecule has 37 heavy (non-hydrogen) atoms. The van der Waals surface area contributed by atoms with Crippen molar-refractivity contribution >= 4 is 74.5 Å². The smallest absolute Gasteiger partial charge is 0.349 e. The van der Waals surface area contributed by atoms with Crippen LogP contribution in [0.5, 0.6) is 0 Å². The van der Waals surface area contributed by atoms with Gasteiger partial charge in [0.05, 0.1) is 29.0 Å². The Hall–Kier alpha value is -3.01. The minimum Gasteiger partial charge on any atom is -0.352 e. The van der Waals surface area contributed by atoms with Crippen LogP contribution in [0.25, 0.3) is 0 Å². The van der Waals surface area contributed by atoms with Crippen LogP contribution in [0.2, 0.25) is 16.1 Å². The van der Waals surface area contributed by atoms with Gasteiger partial charge in [-0.15, -0.1) is 0 Å². The van der Waals surface area contributed by atoms with Gasteiger partial charge in [0.25, 0.3) is 11.8 Å². The molecule has 3 atom stereocenters. The second-order valence-electron chi connectivity index (χ2n) is 8.84. The first-order valence-corrected chi connectivity index (χ1v) is 11.1. The average molecular weight is 511 g/mol. The highest BCUT2D eigenvalue weighted by Gasteiger charge is 2.59. The minimum absolute atomic E-state index is 0.0904. The number of carbonyl (C=O) groups excluding carboxylic acids is 4. The van der Waals surface area contributed by atoms with Gasteiger partial charge in [0.2, 0.25) is 11.8 Å². The second kappa shape index (κ2) is 9.08. The monoisotopic (exact) mass is 511 g/mol. The molecule has 0 aromatic heterocycles. The molecule has 2 unspecified atom stereocenters. The van der Waals surface area contributed by atoms with Crippen molar-refractivity contribution in [3.8, 4) is 0 Å². The fraction of sp³-hybridized carbons (Fsp3) is 0.273. The van der Waals surface area contributed by atoms with Crippen molar-refractivity contribution < 1.29 is 28.0 Å². The molecule has 15 heteroatoms. The molecule has 0 spiro atoms. The highest BCUT2D eigenvalue weighted by Crippen LogP contribution is 2.49. The molecule has 2 aromatic rings. The topological polar surface area (TPSA) is 95.6 Å². The van der Waals surface area contributed by atoms with Crippen LogP contribution in [-0.2, 0) is 26.9 Å². The van der Waals surface area contributed by atoms with Gasteiger partial charge in [0, 0.05) is 28.6 Å². The van der Waals surface area contributed by atoms with E-state index >= 15 is 0 Å². The van der Waals surface area contributed by atoms with Crippen molar-refractivity contribution in [3.63, 3.8) is 0 Å². The summed E-state index contributed by atoms with van der Waals surface area (Å²) in [6.07, 6.45) is 0. The van der Waals surface area contributed by atoms with E-state index < -0.39 is 57.5 Å². The molecule has 7 nitrogen and oxygen atoms in total. The van der Waals surface area contributed by atoms with Crippen molar-refractivity contribution in [3.05, 3.63) is 69.7 Å². The van der Waals surface area contributed by atoms with E-state index in [1.165, 1.54) is 30.3 Å². The van der Waals surface area contributed by atoms with Crippen LogP contribution in [0.4, 0.5) is 8.78 Å². The lowest BCUT2D eigenvalue weighted by Gasteiger charge is -2.55. The number of nitrogens with zero attached hydrogens (tertiary/aromatic N) is 1. The van der Waals surface area contributed by atoms with E-state index in [4.69, 9.17) is 50.8 Å². The van der Waals surface area contributed by atoms with Crippen LogP contribution in [0.3, 0.4) is 0 Å². The first-order valence-electron chi connectivity index (χ1n) is 10.7. The highest BCUT2D eigenvalue weighted by atomic mass is 35.5. The summed E-state index contributed by atoms with van der Waals surface area (Å²) in [6.45, 7) is -0.301. The summed E-state index contributed by atoms with van der Waals surface area (Å²) in [4.78, 5) is 50.9. The van der Waals surface area contributed by atoms with Crippen molar-refractivity contribution in [1.29, 1.82) is 0 Å². The van der Waals surface area contributed by atoms with Crippen molar-refractivity contribution in [2.24, 2.45) is 0 Å². The lowest BCUT2D eigenvalue weighted by Crippen LogP contribution is -2.72. The zero-order valence-electron chi connectivity index (χ0n) is 19.0. The van der Waals surface area contributed by atoms with Gasteiger partial charge in [-0.2, -0.15) is 8.78 Å². The number of nitrogens with one attached hydrogen (secondary N) is 2. The molecule has 10 radical (unpaired) electrons. The van der Waals surface area contributed by atoms with Gasteiger partial charge in [-0.1, -0.05) is 41.1 Å².